The van der Waals surface area contributed by atoms with Crippen molar-refractivity contribution in [2.75, 3.05) is 10.6 Å². The quantitative estimate of drug-likeness (QED) is 0.488. The molecule has 4 bridgehead atoms. The molecular weight excluding hydrogens is 379 g/mol. The molecule has 4 fully saturated rings. The first-order valence-corrected chi connectivity index (χ1v) is 10.5. The number of hydrogen-bond acceptors (Lipinski definition) is 6. The number of aliphatic hydroxyl groups is 1. The summed E-state index contributed by atoms with van der Waals surface area (Å²) in [5.74, 6) is 2.63. The molecule has 7 rings (SSSR count). The largest absolute Gasteiger partial charge is 0.390 e. The monoisotopic (exact) mass is 402 g/mol. The molecule has 0 aliphatic heterocycles. The van der Waals surface area contributed by atoms with E-state index in [4.69, 9.17) is 7.85 Å². The minimum Gasteiger partial charge on any atom is -0.390 e. The maximum Gasteiger partial charge on any atom is 0.326 e. The summed E-state index contributed by atoms with van der Waals surface area (Å²) in [4.78, 5) is 23.6. The minimum absolute atomic E-state index is 0.151. The van der Waals surface area contributed by atoms with E-state index < -0.39 is 5.60 Å². The fourth-order valence-corrected chi connectivity index (χ4v) is 6.15. The summed E-state index contributed by atoms with van der Waals surface area (Å²) in [6.45, 7) is 0. The van der Waals surface area contributed by atoms with Crippen LogP contribution < -0.4 is 21.8 Å². The van der Waals surface area contributed by atoms with E-state index in [2.05, 4.69) is 25.6 Å². The predicted octanol–water partition coefficient (Wildman–Crippen LogP) is 1.16. The van der Waals surface area contributed by atoms with E-state index in [1.54, 1.807) is 17.8 Å². The first kappa shape index (κ1) is 18.0. The molecule has 0 saturated heterocycles. The molecule has 1 aromatic carbocycles. The first-order valence-electron chi connectivity index (χ1n) is 10.5. The minimum atomic E-state index is -0.447. The van der Waals surface area contributed by atoms with E-state index in [9.17, 15) is 9.90 Å². The highest BCUT2D eigenvalue weighted by atomic mass is 16.3. The maximum atomic E-state index is 11.8. The molecule has 5 unspecified atom stereocenters. The van der Waals surface area contributed by atoms with Crippen LogP contribution in [-0.2, 0) is 7.05 Å². The molecule has 2 heterocycles. The zero-order valence-corrected chi connectivity index (χ0v) is 16.7. The Bertz CT molecular complexity index is 1220. The number of nitrogens with zero attached hydrogens (tertiary/aromatic N) is 3. The van der Waals surface area contributed by atoms with Crippen molar-refractivity contribution in [1.82, 2.24) is 19.5 Å². The SMILES string of the molecule is [B]c1cnc(Nc2ccc3c(c2)[nH]c(=O)n3C)nc1NC1C2CC3CC(O)(C2)CC31. The molecule has 5 atom stereocenters. The number of aromatic amines is 1. The van der Waals surface area contributed by atoms with Gasteiger partial charge in [-0.05, 0) is 67.1 Å². The van der Waals surface area contributed by atoms with Crippen molar-refractivity contribution in [3.8, 4) is 0 Å². The molecule has 152 valence electrons. The van der Waals surface area contributed by atoms with Crippen molar-refractivity contribution in [3.63, 3.8) is 0 Å². The zero-order chi connectivity index (χ0) is 20.6. The van der Waals surface area contributed by atoms with Gasteiger partial charge in [0.25, 0.3) is 0 Å². The van der Waals surface area contributed by atoms with E-state index in [0.29, 0.717) is 41.0 Å². The van der Waals surface area contributed by atoms with Crippen molar-refractivity contribution in [2.45, 2.75) is 37.3 Å². The average molecular weight is 402 g/mol. The third kappa shape index (κ3) is 2.68. The van der Waals surface area contributed by atoms with Crippen molar-refractivity contribution < 1.29 is 5.11 Å². The number of fused-ring (bicyclic) bond motifs is 1. The summed E-state index contributed by atoms with van der Waals surface area (Å²) in [7, 11) is 7.90. The van der Waals surface area contributed by atoms with Gasteiger partial charge in [0, 0.05) is 25.0 Å². The highest BCUT2D eigenvalue weighted by Crippen LogP contribution is 2.60. The lowest BCUT2D eigenvalue weighted by Gasteiger charge is -2.38. The first-order chi connectivity index (χ1) is 14.4. The molecule has 4 aliphatic carbocycles. The molecule has 2 aromatic heterocycles. The lowest BCUT2D eigenvalue weighted by molar-refractivity contribution is -0.0140. The van der Waals surface area contributed by atoms with Gasteiger partial charge in [-0.3, -0.25) is 4.57 Å². The molecule has 3 aromatic rings. The van der Waals surface area contributed by atoms with Crippen LogP contribution in [0.4, 0.5) is 17.5 Å². The number of hydrogen-bond donors (Lipinski definition) is 4. The van der Waals surface area contributed by atoms with E-state index in [0.717, 1.165) is 36.0 Å². The topological polar surface area (TPSA) is 108 Å². The lowest BCUT2D eigenvalue weighted by Crippen LogP contribution is -2.43. The summed E-state index contributed by atoms with van der Waals surface area (Å²) in [6.07, 6.45) is 5.46. The summed E-state index contributed by atoms with van der Waals surface area (Å²) in [5, 5.41) is 17.4. The average Bonchev–Trinajstić information content (AvgIpc) is 3.21. The van der Waals surface area contributed by atoms with Gasteiger partial charge >= 0.3 is 5.69 Å². The molecule has 8 nitrogen and oxygen atoms in total. The van der Waals surface area contributed by atoms with E-state index in [1.165, 1.54) is 6.42 Å². The van der Waals surface area contributed by atoms with Gasteiger partial charge in [0.1, 0.15) is 13.7 Å². The molecule has 30 heavy (non-hydrogen) atoms. The van der Waals surface area contributed by atoms with Gasteiger partial charge in [-0.15, -0.1) is 0 Å². The normalized spacial score (nSPS) is 31.5. The van der Waals surface area contributed by atoms with Crippen molar-refractivity contribution >= 4 is 41.8 Å². The number of anilines is 3. The second-order valence-electron chi connectivity index (χ2n) is 9.27. The van der Waals surface area contributed by atoms with Gasteiger partial charge in [-0.2, -0.15) is 4.98 Å². The molecule has 2 radical (unpaired) electrons. The Hall–Kier alpha value is -2.81. The van der Waals surface area contributed by atoms with Crippen LogP contribution in [0.3, 0.4) is 0 Å². The molecule has 4 N–H and O–H groups in total. The van der Waals surface area contributed by atoms with Gasteiger partial charge in [0.05, 0.1) is 16.6 Å². The van der Waals surface area contributed by atoms with Crippen LogP contribution in [0, 0.1) is 17.8 Å². The summed E-state index contributed by atoms with van der Waals surface area (Å²) >= 11 is 0. The summed E-state index contributed by atoms with van der Waals surface area (Å²) in [6, 6.07) is 5.92. The van der Waals surface area contributed by atoms with Crippen LogP contribution in [0.1, 0.15) is 25.7 Å². The van der Waals surface area contributed by atoms with Crippen molar-refractivity contribution in [3.05, 3.63) is 34.9 Å². The van der Waals surface area contributed by atoms with Gasteiger partial charge < -0.3 is 20.7 Å². The Kier molecular flexibility index (Phi) is 3.66. The van der Waals surface area contributed by atoms with Gasteiger partial charge in [-0.1, -0.05) is 0 Å². The fourth-order valence-electron chi connectivity index (χ4n) is 6.15. The molecular formula is C21H23BN6O2. The third-order valence-corrected chi connectivity index (χ3v) is 7.36. The highest BCUT2D eigenvalue weighted by Gasteiger charge is 2.60. The van der Waals surface area contributed by atoms with Crippen LogP contribution >= 0.6 is 0 Å². The molecule has 0 amide bonds. The number of imidazole rings is 1. The highest BCUT2D eigenvalue weighted by molar-refractivity contribution is 6.35. The Morgan fingerprint density at radius 3 is 2.97 bits per heavy atom. The van der Waals surface area contributed by atoms with Crippen LogP contribution in [0.25, 0.3) is 11.0 Å². The number of benzene rings is 1. The van der Waals surface area contributed by atoms with Gasteiger partial charge in [-0.25, -0.2) is 9.78 Å². The van der Waals surface area contributed by atoms with Gasteiger partial charge in [0.15, 0.2) is 0 Å². The number of H-pyrrole nitrogens is 1. The number of rotatable bonds is 4. The maximum absolute atomic E-state index is 11.8. The Morgan fingerprint density at radius 2 is 2.13 bits per heavy atom. The van der Waals surface area contributed by atoms with Crippen LogP contribution in [0.2, 0.25) is 0 Å². The Balaban J connectivity index is 1.25. The second-order valence-corrected chi connectivity index (χ2v) is 9.27. The molecule has 0 spiro atoms. The second kappa shape index (κ2) is 6.10. The van der Waals surface area contributed by atoms with Crippen molar-refractivity contribution in [2.24, 2.45) is 24.8 Å². The third-order valence-electron chi connectivity index (χ3n) is 7.36. The Morgan fingerprint density at radius 1 is 1.30 bits per heavy atom. The molecule has 9 heteroatoms. The van der Waals surface area contributed by atoms with Gasteiger partial charge in [0.2, 0.25) is 5.95 Å². The summed E-state index contributed by atoms with van der Waals surface area (Å²) < 4.78 is 1.57. The smallest absolute Gasteiger partial charge is 0.326 e. The van der Waals surface area contributed by atoms with Crippen molar-refractivity contribution in [1.29, 1.82) is 0 Å². The molecule has 4 aliphatic rings. The standard InChI is InChI=1S/C21H23BN6O2/c1-28-16-3-2-12(5-15(16)25-20(28)29)24-19-23-9-14(22)18(27-19)26-17-11-4-10-6-21(30,7-11)8-13(10)17/h2-3,5,9-11,13,17,30H,4,6-8H2,1H3,(H,25,29)(H2,23,24,26,27). The van der Waals surface area contributed by atoms with E-state index in [-0.39, 0.29) is 5.69 Å². The van der Waals surface area contributed by atoms with Crippen LogP contribution in [0.5, 0.6) is 0 Å². The lowest BCUT2D eigenvalue weighted by atomic mass is 9.76. The zero-order valence-electron chi connectivity index (χ0n) is 16.7. The fraction of sp³-hybridized carbons (Fsp3) is 0.476. The molecule has 4 saturated carbocycles. The van der Waals surface area contributed by atoms with Crippen LogP contribution in [-0.4, -0.2) is 44.1 Å². The Labute approximate surface area is 174 Å². The van der Waals surface area contributed by atoms with E-state index >= 15 is 0 Å². The van der Waals surface area contributed by atoms with Crippen LogP contribution in [0.15, 0.2) is 29.2 Å². The number of aromatic nitrogens is 4. The number of nitrogens with one attached hydrogen (secondary N) is 3. The predicted molar refractivity (Wildman–Crippen MR) is 116 cm³/mol. The van der Waals surface area contributed by atoms with E-state index in [1.807, 2.05) is 18.2 Å². The summed E-state index contributed by atoms with van der Waals surface area (Å²) in [5.41, 5.74) is 2.27. The number of aryl methyl sites for hydroxylation is 1.